The number of hydrogen-bond acceptors (Lipinski definition) is 5. The van der Waals surface area contributed by atoms with E-state index >= 15 is 0 Å². The maximum atomic E-state index is 12.2. The summed E-state index contributed by atoms with van der Waals surface area (Å²) in [7, 11) is -3.45. The molecule has 0 bridgehead atoms. The largest absolute Gasteiger partial charge is 0.382 e. The third-order valence-electron chi connectivity index (χ3n) is 2.89. The first-order chi connectivity index (χ1) is 9.42. The summed E-state index contributed by atoms with van der Waals surface area (Å²) < 4.78 is 25.9. The molecule has 7 heteroatoms. The molecule has 0 amide bonds. The number of nitrogens with zero attached hydrogens (tertiary/aromatic N) is 3. The first kappa shape index (κ1) is 14.1. The van der Waals surface area contributed by atoms with E-state index < -0.39 is 9.84 Å². The van der Waals surface area contributed by atoms with Gasteiger partial charge in [-0.15, -0.1) is 0 Å². The Kier molecular flexibility index (Phi) is 3.77. The topological polar surface area (TPSA) is 102 Å². The molecule has 104 valence electrons. The van der Waals surface area contributed by atoms with E-state index in [4.69, 9.17) is 11.0 Å². The van der Waals surface area contributed by atoms with Crippen LogP contribution in [0.5, 0.6) is 0 Å². The van der Waals surface area contributed by atoms with Crippen molar-refractivity contribution in [2.75, 3.05) is 11.5 Å². The van der Waals surface area contributed by atoms with Crippen LogP contribution in [0, 0.1) is 18.3 Å². The fourth-order valence-electron chi connectivity index (χ4n) is 1.74. The maximum absolute atomic E-state index is 12.2. The number of nitrogen functional groups attached to an aromatic ring is 1. The van der Waals surface area contributed by atoms with Crippen molar-refractivity contribution >= 4 is 15.7 Å². The summed E-state index contributed by atoms with van der Waals surface area (Å²) in [6.45, 7) is 2.03. The molecule has 2 rings (SSSR count). The third-order valence-corrected chi connectivity index (χ3v) is 4.59. The second-order valence-corrected chi connectivity index (χ2v) is 6.53. The molecule has 20 heavy (non-hydrogen) atoms. The maximum Gasteiger partial charge on any atom is 0.180 e. The summed E-state index contributed by atoms with van der Waals surface area (Å²) in [4.78, 5) is 0.147. The van der Waals surface area contributed by atoms with Crippen molar-refractivity contribution in [3.8, 4) is 6.07 Å². The lowest BCUT2D eigenvalue weighted by atomic mass is 10.2. The third kappa shape index (κ3) is 2.97. The lowest BCUT2D eigenvalue weighted by Crippen LogP contribution is -2.14. The number of hydrogen-bond donors (Lipinski definition) is 1. The summed E-state index contributed by atoms with van der Waals surface area (Å²) in [5.74, 6) is 0.302. The quantitative estimate of drug-likeness (QED) is 0.909. The van der Waals surface area contributed by atoms with E-state index in [0.29, 0.717) is 11.4 Å². The average Bonchev–Trinajstić information content (AvgIpc) is 2.76. The molecule has 0 fully saturated rings. The predicted molar refractivity (Wildman–Crippen MR) is 74.6 cm³/mol. The van der Waals surface area contributed by atoms with Gasteiger partial charge in [-0.2, -0.15) is 10.4 Å². The van der Waals surface area contributed by atoms with Gasteiger partial charge in [0.05, 0.1) is 28.8 Å². The average molecular weight is 290 g/mol. The van der Waals surface area contributed by atoms with Crippen molar-refractivity contribution in [3.63, 3.8) is 0 Å². The summed E-state index contributed by atoms with van der Waals surface area (Å²) >= 11 is 0. The number of nitriles is 1. The van der Waals surface area contributed by atoms with Crippen LogP contribution in [0.25, 0.3) is 0 Å². The number of aryl methyl sites for hydroxylation is 2. The molecular formula is C13H14N4O2S. The first-order valence-corrected chi connectivity index (χ1v) is 7.60. The molecule has 1 aromatic heterocycles. The van der Waals surface area contributed by atoms with Crippen LogP contribution in [-0.2, 0) is 16.4 Å². The Morgan fingerprint density at radius 2 is 2.20 bits per heavy atom. The van der Waals surface area contributed by atoms with E-state index in [1.54, 1.807) is 18.3 Å². The molecule has 0 saturated heterocycles. The number of benzene rings is 1. The van der Waals surface area contributed by atoms with E-state index in [-0.39, 0.29) is 17.2 Å². The number of nitrogens with two attached hydrogens (primary N) is 1. The van der Waals surface area contributed by atoms with Gasteiger partial charge in [0, 0.05) is 11.8 Å². The van der Waals surface area contributed by atoms with Crippen molar-refractivity contribution in [2.45, 2.75) is 18.4 Å². The van der Waals surface area contributed by atoms with Gasteiger partial charge >= 0.3 is 0 Å². The molecule has 1 aromatic carbocycles. The minimum Gasteiger partial charge on any atom is -0.382 e. The summed E-state index contributed by atoms with van der Waals surface area (Å²) in [6.07, 6.45) is 1.70. The molecule has 0 saturated carbocycles. The first-order valence-electron chi connectivity index (χ1n) is 5.95. The minimum atomic E-state index is -3.45. The Hall–Kier alpha value is -2.33. The van der Waals surface area contributed by atoms with Crippen molar-refractivity contribution in [1.82, 2.24) is 9.78 Å². The van der Waals surface area contributed by atoms with Gasteiger partial charge in [0.15, 0.2) is 9.84 Å². The molecule has 0 atom stereocenters. The molecule has 0 spiro atoms. The fraction of sp³-hybridized carbons (Fsp3) is 0.231. The lowest BCUT2D eigenvalue weighted by Gasteiger charge is -2.05. The Bertz CT molecular complexity index is 752. The molecule has 0 unspecified atom stereocenters. The minimum absolute atomic E-state index is 0.0948. The normalized spacial score (nSPS) is 11.2. The number of rotatable bonds is 4. The van der Waals surface area contributed by atoms with Gasteiger partial charge < -0.3 is 5.73 Å². The molecule has 6 nitrogen and oxygen atoms in total. The molecular weight excluding hydrogens is 276 g/mol. The smallest absolute Gasteiger partial charge is 0.180 e. The second kappa shape index (κ2) is 5.35. The van der Waals surface area contributed by atoms with E-state index in [1.165, 1.54) is 16.8 Å². The van der Waals surface area contributed by atoms with Crippen LogP contribution < -0.4 is 5.73 Å². The van der Waals surface area contributed by atoms with Gasteiger partial charge in [-0.25, -0.2) is 8.42 Å². The Labute approximate surface area is 117 Å². The molecule has 2 N–H and O–H groups in total. The van der Waals surface area contributed by atoms with Gasteiger partial charge in [0.1, 0.15) is 5.82 Å². The summed E-state index contributed by atoms with van der Waals surface area (Å²) in [5.41, 5.74) is 6.75. The van der Waals surface area contributed by atoms with E-state index in [2.05, 4.69) is 5.10 Å². The van der Waals surface area contributed by atoms with E-state index in [1.807, 2.05) is 13.0 Å². The Morgan fingerprint density at radius 1 is 1.45 bits per heavy atom. The SMILES string of the molecule is Cc1cn(CCS(=O)(=O)c2cccc(C#N)c2)nc1N. The molecule has 0 aliphatic heterocycles. The van der Waals surface area contributed by atoms with Crippen molar-refractivity contribution in [2.24, 2.45) is 0 Å². The second-order valence-electron chi connectivity index (χ2n) is 4.42. The highest BCUT2D eigenvalue weighted by Crippen LogP contribution is 2.14. The molecule has 2 aromatic rings. The zero-order valence-electron chi connectivity index (χ0n) is 10.9. The zero-order chi connectivity index (χ0) is 14.8. The van der Waals surface area contributed by atoms with Gasteiger partial charge in [-0.05, 0) is 25.1 Å². The monoisotopic (exact) mass is 290 g/mol. The molecule has 0 aliphatic carbocycles. The van der Waals surface area contributed by atoms with E-state index in [9.17, 15) is 8.42 Å². The van der Waals surface area contributed by atoms with Crippen molar-refractivity contribution < 1.29 is 8.42 Å². The molecule has 0 aliphatic rings. The van der Waals surface area contributed by atoms with Crippen molar-refractivity contribution in [3.05, 3.63) is 41.6 Å². The Morgan fingerprint density at radius 3 is 2.80 bits per heavy atom. The summed E-state index contributed by atoms with van der Waals surface area (Å²) in [6, 6.07) is 7.91. The van der Waals surface area contributed by atoms with Crippen LogP contribution in [-0.4, -0.2) is 24.0 Å². The summed E-state index contributed by atoms with van der Waals surface area (Å²) in [5, 5.41) is 12.8. The molecule has 0 radical (unpaired) electrons. The van der Waals surface area contributed by atoms with Crippen LogP contribution >= 0.6 is 0 Å². The van der Waals surface area contributed by atoms with E-state index in [0.717, 1.165) is 5.56 Å². The number of sulfone groups is 1. The van der Waals surface area contributed by atoms with Gasteiger partial charge in [-0.3, -0.25) is 4.68 Å². The van der Waals surface area contributed by atoms with Crippen LogP contribution in [0.15, 0.2) is 35.4 Å². The predicted octanol–water partition coefficient (Wildman–Crippen LogP) is 1.12. The zero-order valence-corrected chi connectivity index (χ0v) is 11.8. The van der Waals surface area contributed by atoms with Gasteiger partial charge in [-0.1, -0.05) is 6.07 Å². The van der Waals surface area contributed by atoms with Crippen molar-refractivity contribution in [1.29, 1.82) is 5.26 Å². The van der Waals surface area contributed by atoms with Gasteiger partial charge in [0.2, 0.25) is 0 Å². The van der Waals surface area contributed by atoms with Crippen LogP contribution in [0.3, 0.4) is 0 Å². The van der Waals surface area contributed by atoms with Crippen LogP contribution in [0.1, 0.15) is 11.1 Å². The highest BCUT2D eigenvalue weighted by Gasteiger charge is 2.15. The van der Waals surface area contributed by atoms with Crippen LogP contribution in [0.4, 0.5) is 5.82 Å². The Balaban J connectivity index is 2.17. The number of aromatic nitrogens is 2. The molecule has 1 heterocycles. The lowest BCUT2D eigenvalue weighted by molar-refractivity contribution is 0.581. The van der Waals surface area contributed by atoms with Crippen LogP contribution in [0.2, 0.25) is 0 Å². The standard InChI is InChI=1S/C13H14N4O2S/c1-10-9-17(16-13(10)15)5-6-20(18,19)12-4-2-3-11(7-12)8-14/h2-4,7,9H,5-6H2,1H3,(H2,15,16). The number of anilines is 1. The van der Waals surface area contributed by atoms with Gasteiger partial charge in [0.25, 0.3) is 0 Å². The highest BCUT2D eigenvalue weighted by atomic mass is 32.2. The highest BCUT2D eigenvalue weighted by molar-refractivity contribution is 7.91. The fourth-order valence-corrected chi connectivity index (χ4v) is 3.00.